The Hall–Kier alpha value is -4.34. The van der Waals surface area contributed by atoms with Crippen LogP contribution in [-0.2, 0) is 4.79 Å². The number of nitrogens with zero attached hydrogens (tertiary/aromatic N) is 2. The Balaban J connectivity index is 1.59. The lowest BCUT2D eigenvalue weighted by atomic mass is 10.2. The van der Waals surface area contributed by atoms with Crippen molar-refractivity contribution in [2.24, 2.45) is 5.73 Å². The van der Waals surface area contributed by atoms with Gasteiger partial charge in [0.25, 0.3) is 5.91 Å². The summed E-state index contributed by atoms with van der Waals surface area (Å²) in [6.07, 6.45) is 2.75. The molecule has 1 aliphatic rings. The molecule has 0 saturated carbocycles. The Morgan fingerprint density at radius 3 is 2.61 bits per heavy atom. The highest BCUT2D eigenvalue weighted by Crippen LogP contribution is 2.37. The van der Waals surface area contributed by atoms with Crippen LogP contribution in [0.2, 0.25) is 0 Å². The van der Waals surface area contributed by atoms with Crippen LogP contribution < -0.4 is 30.6 Å². The lowest BCUT2D eigenvalue weighted by Gasteiger charge is -2.18. The normalized spacial score (nSPS) is 12.7. The number of ether oxygens (including phenoxy) is 3. The zero-order valence-electron chi connectivity index (χ0n) is 16.5. The summed E-state index contributed by atoms with van der Waals surface area (Å²) in [5, 5.41) is 5.75. The molecule has 0 radical (unpaired) electrons. The zero-order chi connectivity index (χ0) is 21.8. The number of benzene rings is 2. The molecule has 2 aromatic carbocycles. The van der Waals surface area contributed by atoms with Gasteiger partial charge >= 0.3 is 0 Å². The number of rotatable bonds is 7. The van der Waals surface area contributed by atoms with E-state index in [0.717, 1.165) is 0 Å². The zero-order valence-corrected chi connectivity index (χ0v) is 16.5. The molecular weight excluding hydrogens is 402 g/mol. The fraction of sp³-hybridized carbons (Fsp3) is 0.143. The van der Waals surface area contributed by atoms with Crippen molar-refractivity contribution in [3.05, 3.63) is 60.7 Å². The average molecular weight is 421 g/mol. The first-order valence-corrected chi connectivity index (χ1v) is 9.34. The molecule has 2 amide bonds. The number of hydrogen-bond acceptors (Lipinski definition) is 8. The second-order valence-electron chi connectivity index (χ2n) is 6.64. The first kappa shape index (κ1) is 20.0. The number of anilines is 2. The second-order valence-corrected chi connectivity index (χ2v) is 6.64. The van der Waals surface area contributed by atoms with Crippen LogP contribution in [0, 0.1) is 0 Å². The van der Waals surface area contributed by atoms with E-state index in [0.29, 0.717) is 34.4 Å². The standard InChI is InChI=1S/C21H19N5O5/c1-12(20(22)27)25-17-8-13(31-14-3-5-18-19(9-14)30-11-29-18)2-4-15(17)26-21(28)16-6-7-23-10-24-16/h2-10,12,25H,11H2,1H3,(H2,22,27)(H,26,28)/t12-/m0/s1. The number of primary amides is 1. The van der Waals surface area contributed by atoms with Crippen molar-refractivity contribution in [3.8, 4) is 23.0 Å². The van der Waals surface area contributed by atoms with E-state index in [4.69, 9.17) is 19.9 Å². The maximum Gasteiger partial charge on any atom is 0.274 e. The van der Waals surface area contributed by atoms with E-state index in [9.17, 15) is 9.59 Å². The average Bonchev–Trinajstić information content (AvgIpc) is 3.24. The van der Waals surface area contributed by atoms with Gasteiger partial charge in [-0.15, -0.1) is 0 Å². The summed E-state index contributed by atoms with van der Waals surface area (Å²) < 4.78 is 16.6. The first-order chi connectivity index (χ1) is 15.0. The van der Waals surface area contributed by atoms with Gasteiger partial charge in [-0.05, 0) is 37.3 Å². The third-order valence-electron chi connectivity index (χ3n) is 4.43. The van der Waals surface area contributed by atoms with Gasteiger partial charge in [-0.1, -0.05) is 0 Å². The molecule has 158 valence electrons. The fourth-order valence-corrected chi connectivity index (χ4v) is 2.81. The smallest absolute Gasteiger partial charge is 0.274 e. The van der Waals surface area contributed by atoms with E-state index in [1.165, 1.54) is 18.6 Å². The molecule has 10 nitrogen and oxygen atoms in total. The van der Waals surface area contributed by atoms with Gasteiger partial charge in [-0.25, -0.2) is 9.97 Å². The Labute approximate surface area is 177 Å². The molecule has 10 heteroatoms. The molecule has 1 aromatic heterocycles. The summed E-state index contributed by atoms with van der Waals surface area (Å²) in [5.41, 5.74) is 6.45. The van der Waals surface area contributed by atoms with Gasteiger partial charge < -0.3 is 30.6 Å². The molecule has 2 heterocycles. The van der Waals surface area contributed by atoms with E-state index < -0.39 is 17.9 Å². The van der Waals surface area contributed by atoms with Gasteiger partial charge in [0.05, 0.1) is 11.4 Å². The monoisotopic (exact) mass is 421 g/mol. The van der Waals surface area contributed by atoms with Crippen molar-refractivity contribution in [2.75, 3.05) is 17.4 Å². The van der Waals surface area contributed by atoms with Crippen LogP contribution in [0.5, 0.6) is 23.0 Å². The van der Waals surface area contributed by atoms with Crippen LogP contribution in [0.1, 0.15) is 17.4 Å². The summed E-state index contributed by atoms with van der Waals surface area (Å²) in [5.74, 6) is 1.27. The molecule has 0 fully saturated rings. The molecule has 4 N–H and O–H groups in total. The largest absolute Gasteiger partial charge is 0.457 e. The highest BCUT2D eigenvalue weighted by molar-refractivity contribution is 6.04. The Bertz CT molecular complexity index is 1120. The molecule has 0 spiro atoms. The number of aromatic nitrogens is 2. The third kappa shape index (κ3) is 4.64. The minimum absolute atomic E-state index is 0.165. The number of amides is 2. The molecular formula is C21H19N5O5. The van der Waals surface area contributed by atoms with E-state index in [-0.39, 0.29) is 12.5 Å². The van der Waals surface area contributed by atoms with Gasteiger partial charge in [0.15, 0.2) is 11.5 Å². The van der Waals surface area contributed by atoms with Crippen molar-refractivity contribution >= 4 is 23.2 Å². The Morgan fingerprint density at radius 1 is 1.06 bits per heavy atom. The number of carbonyl (C=O) groups excluding carboxylic acids is 2. The highest BCUT2D eigenvalue weighted by atomic mass is 16.7. The number of nitrogens with two attached hydrogens (primary N) is 1. The minimum atomic E-state index is -0.685. The number of fused-ring (bicyclic) bond motifs is 1. The number of nitrogens with one attached hydrogen (secondary N) is 2. The molecule has 1 atom stereocenters. The molecule has 1 aliphatic heterocycles. The summed E-state index contributed by atoms with van der Waals surface area (Å²) in [6, 6.07) is 11.0. The van der Waals surface area contributed by atoms with E-state index in [1.807, 2.05) is 0 Å². The maximum absolute atomic E-state index is 12.5. The first-order valence-electron chi connectivity index (χ1n) is 9.34. The van der Waals surface area contributed by atoms with Gasteiger partial charge in [0.1, 0.15) is 29.6 Å². The van der Waals surface area contributed by atoms with Crippen molar-refractivity contribution < 1.29 is 23.8 Å². The lowest BCUT2D eigenvalue weighted by Crippen LogP contribution is -2.32. The Kier molecular flexibility index (Phi) is 5.52. The van der Waals surface area contributed by atoms with Crippen molar-refractivity contribution in [1.29, 1.82) is 0 Å². The molecule has 31 heavy (non-hydrogen) atoms. The molecule has 0 aliphatic carbocycles. The van der Waals surface area contributed by atoms with Gasteiger partial charge in [0.2, 0.25) is 12.7 Å². The number of hydrogen-bond donors (Lipinski definition) is 3. The van der Waals surface area contributed by atoms with E-state index >= 15 is 0 Å². The molecule has 0 bridgehead atoms. The highest BCUT2D eigenvalue weighted by Gasteiger charge is 2.17. The number of carbonyl (C=O) groups is 2. The van der Waals surface area contributed by atoms with Crippen LogP contribution in [-0.4, -0.2) is 34.6 Å². The van der Waals surface area contributed by atoms with Gasteiger partial charge in [-0.2, -0.15) is 0 Å². The SMILES string of the molecule is C[C@H](Nc1cc(Oc2ccc3c(c2)OCO3)ccc1NC(=O)c1ccncn1)C(N)=O. The van der Waals surface area contributed by atoms with E-state index in [1.54, 1.807) is 43.3 Å². The summed E-state index contributed by atoms with van der Waals surface area (Å²) in [7, 11) is 0. The van der Waals surface area contributed by atoms with Crippen molar-refractivity contribution in [1.82, 2.24) is 9.97 Å². The quantitative estimate of drug-likeness (QED) is 0.529. The maximum atomic E-state index is 12.5. The third-order valence-corrected chi connectivity index (χ3v) is 4.43. The summed E-state index contributed by atoms with van der Waals surface area (Å²) in [4.78, 5) is 31.8. The van der Waals surface area contributed by atoms with Crippen LogP contribution in [0.3, 0.4) is 0 Å². The van der Waals surface area contributed by atoms with E-state index in [2.05, 4.69) is 20.6 Å². The van der Waals surface area contributed by atoms with Crippen LogP contribution in [0.4, 0.5) is 11.4 Å². The van der Waals surface area contributed by atoms with Gasteiger partial charge in [-0.3, -0.25) is 9.59 Å². The summed E-state index contributed by atoms with van der Waals surface area (Å²) in [6.45, 7) is 1.78. The van der Waals surface area contributed by atoms with Crippen LogP contribution in [0.15, 0.2) is 55.0 Å². The topological polar surface area (TPSA) is 138 Å². The molecule has 0 saturated heterocycles. The van der Waals surface area contributed by atoms with Gasteiger partial charge in [0, 0.05) is 18.3 Å². The van der Waals surface area contributed by atoms with Crippen LogP contribution in [0.25, 0.3) is 0 Å². The molecule has 0 unspecified atom stereocenters. The second kappa shape index (κ2) is 8.57. The molecule has 4 rings (SSSR count). The fourth-order valence-electron chi connectivity index (χ4n) is 2.81. The predicted octanol–water partition coefficient (Wildman–Crippen LogP) is 2.54. The van der Waals surface area contributed by atoms with Crippen molar-refractivity contribution in [3.63, 3.8) is 0 Å². The Morgan fingerprint density at radius 2 is 1.84 bits per heavy atom. The minimum Gasteiger partial charge on any atom is -0.457 e. The summed E-state index contributed by atoms with van der Waals surface area (Å²) >= 11 is 0. The lowest BCUT2D eigenvalue weighted by molar-refractivity contribution is -0.118. The predicted molar refractivity (Wildman–Crippen MR) is 111 cm³/mol. The van der Waals surface area contributed by atoms with Crippen molar-refractivity contribution in [2.45, 2.75) is 13.0 Å². The van der Waals surface area contributed by atoms with Crippen LogP contribution >= 0.6 is 0 Å². The molecule has 3 aromatic rings.